The van der Waals surface area contributed by atoms with Crippen molar-refractivity contribution >= 4 is 21.6 Å². The van der Waals surface area contributed by atoms with E-state index in [1.807, 2.05) is 0 Å². The first kappa shape index (κ1) is 17.9. The lowest BCUT2D eigenvalue weighted by Gasteiger charge is -2.19. The largest absolute Gasteiger partial charge is 0.383 e. The van der Waals surface area contributed by atoms with E-state index in [1.54, 1.807) is 30.2 Å². The van der Waals surface area contributed by atoms with Gasteiger partial charge in [-0.15, -0.1) is 0 Å². The minimum Gasteiger partial charge on any atom is -0.383 e. The Morgan fingerprint density at radius 1 is 1.39 bits per heavy atom. The van der Waals surface area contributed by atoms with Crippen LogP contribution in [0.3, 0.4) is 0 Å². The second kappa shape index (κ2) is 7.39. The molecule has 1 heterocycles. The maximum Gasteiger partial charge on any atom is 0.242 e. The summed E-state index contributed by atoms with van der Waals surface area (Å²) < 4.78 is 30.6. The van der Waals surface area contributed by atoms with Crippen LogP contribution in [0.4, 0.5) is 5.69 Å². The van der Waals surface area contributed by atoms with E-state index >= 15 is 0 Å². The first-order chi connectivity index (χ1) is 10.9. The first-order valence-electron chi connectivity index (χ1n) is 7.43. The number of anilines is 1. The van der Waals surface area contributed by atoms with Crippen LogP contribution in [-0.4, -0.2) is 66.1 Å². The van der Waals surface area contributed by atoms with Crippen LogP contribution in [0.1, 0.15) is 5.56 Å². The predicted octanol–water partition coefficient (Wildman–Crippen LogP) is 0.0620. The van der Waals surface area contributed by atoms with Crippen molar-refractivity contribution in [1.29, 1.82) is 0 Å². The maximum atomic E-state index is 12.3. The van der Waals surface area contributed by atoms with Gasteiger partial charge in [-0.2, -0.15) is 0 Å². The number of sulfonamides is 1. The van der Waals surface area contributed by atoms with Gasteiger partial charge in [-0.05, 0) is 24.1 Å². The third kappa shape index (κ3) is 3.89. The Kier molecular flexibility index (Phi) is 5.74. The molecule has 0 saturated heterocycles. The maximum absolute atomic E-state index is 12.3. The van der Waals surface area contributed by atoms with Crippen molar-refractivity contribution < 1.29 is 17.9 Å². The van der Waals surface area contributed by atoms with E-state index in [-0.39, 0.29) is 17.3 Å². The van der Waals surface area contributed by atoms with E-state index in [0.717, 1.165) is 12.0 Å². The highest BCUT2D eigenvalue weighted by atomic mass is 32.2. The molecule has 23 heavy (non-hydrogen) atoms. The third-order valence-electron chi connectivity index (χ3n) is 3.79. The summed E-state index contributed by atoms with van der Waals surface area (Å²) in [4.78, 5) is 14.2. The molecule has 0 radical (unpaired) electrons. The lowest BCUT2D eigenvalue weighted by molar-refractivity contribution is -0.117. The molecule has 0 fully saturated rings. The van der Waals surface area contributed by atoms with Gasteiger partial charge in [0.25, 0.3) is 0 Å². The molecule has 1 aliphatic heterocycles. The van der Waals surface area contributed by atoms with Crippen LogP contribution in [0.25, 0.3) is 0 Å². The number of ether oxygens (including phenoxy) is 1. The van der Waals surface area contributed by atoms with E-state index in [1.165, 1.54) is 18.4 Å². The summed E-state index contributed by atoms with van der Waals surface area (Å²) >= 11 is 0. The van der Waals surface area contributed by atoms with Gasteiger partial charge in [0, 0.05) is 40.0 Å². The van der Waals surface area contributed by atoms with Gasteiger partial charge in [-0.3, -0.25) is 4.79 Å². The SMILES string of the molecule is COCCNCC(=O)N1CCc2ccc(S(=O)(=O)N(C)C)cc21. The van der Waals surface area contributed by atoms with Crippen LogP contribution in [-0.2, 0) is 26.0 Å². The molecule has 1 aromatic carbocycles. The zero-order chi connectivity index (χ0) is 17.0. The van der Waals surface area contributed by atoms with Gasteiger partial charge in [0.1, 0.15) is 0 Å². The number of hydrogen-bond acceptors (Lipinski definition) is 5. The molecule has 0 unspecified atom stereocenters. The van der Waals surface area contributed by atoms with Crippen molar-refractivity contribution in [2.45, 2.75) is 11.3 Å². The fourth-order valence-electron chi connectivity index (χ4n) is 2.45. The minimum absolute atomic E-state index is 0.0701. The summed E-state index contributed by atoms with van der Waals surface area (Å²) in [6.45, 7) is 1.91. The van der Waals surface area contributed by atoms with Crippen LogP contribution in [0.5, 0.6) is 0 Å². The average Bonchev–Trinajstić information content (AvgIpc) is 2.94. The number of carbonyl (C=O) groups excluding carboxylic acids is 1. The smallest absolute Gasteiger partial charge is 0.242 e. The Morgan fingerprint density at radius 3 is 2.78 bits per heavy atom. The molecule has 7 nitrogen and oxygen atoms in total. The molecule has 0 bridgehead atoms. The van der Waals surface area contributed by atoms with Crippen molar-refractivity contribution in [3.63, 3.8) is 0 Å². The monoisotopic (exact) mass is 341 g/mol. The molecule has 0 spiro atoms. The molecule has 0 saturated carbocycles. The second-order valence-corrected chi connectivity index (χ2v) is 7.69. The standard InChI is InChI=1S/C15H23N3O4S/c1-17(2)23(20,21)13-5-4-12-6-8-18(14(12)10-13)15(19)11-16-7-9-22-3/h4-5,10,16H,6-9,11H2,1-3H3. The number of carbonyl (C=O) groups is 1. The summed E-state index contributed by atoms with van der Waals surface area (Å²) in [7, 11) is 1.08. The number of hydrogen-bond donors (Lipinski definition) is 1. The third-order valence-corrected chi connectivity index (χ3v) is 5.60. The summed E-state index contributed by atoms with van der Waals surface area (Å²) in [5.74, 6) is -0.0701. The molecule has 1 amide bonds. The van der Waals surface area contributed by atoms with Crippen LogP contribution in [0.15, 0.2) is 23.1 Å². The number of fused-ring (bicyclic) bond motifs is 1. The summed E-state index contributed by atoms with van der Waals surface area (Å²) in [6, 6.07) is 4.97. The van der Waals surface area contributed by atoms with Crippen molar-refractivity contribution in [3.8, 4) is 0 Å². The van der Waals surface area contributed by atoms with E-state index < -0.39 is 10.0 Å². The van der Waals surface area contributed by atoms with Crippen LogP contribution in [0.2, 0.25) is 0 Å². The molecule has 0 atom stereocenters. The Morgan fingerprint density at radius 2 is 2.13 bits per heavy atom. The van der Waals surface area contributed by atoms with Crippen LogP contribution >= 0.6 is 0 Å². The quantitative estimate of drug-likeness (QED) is 0.710. The summed E-state index contributed by atoms with van der Waals surface area (Å²) in [6.07, 6.45) is 0.738. The van der Waals surface area contributed by atoms with E-state index in [0.29, 0.717) is 25.4 Å². The lowest BCUT2D eigenvalue weighted by Crippen LogP contribution is -2.38. The molecule has 8 heteroatoms. The molecule has 2 rings (SSSR count). The molecule has 1 N–H and O–H groups in total. The van der Waals surface area contributed by atoms with E-state index in [4.69, 9.17) is 4.74 Å². The normalized spacial score (nSPS) is 14.3. The van der Waals surface area contributed by atoms with E-state index in [9.17, 15) is 13.2 Å². The van der Waals surface area contributed by atoms with Gasteiger partial charge >= 0.3 is 0 Å². The van der Waals surface area contributed by atoms with Crippen LogP contribution < -0.4 is 10.2 Å². The average molecular weight is 341 g/mol. The minimum atomic E-state index is -3.51. The van der Waals surface area contributed by atoms with Crippen molar-refractivity contribution in [3.05, 3.63) is 23.8 Å². The molecular formula is C15H23N3O4S. The molecule has 1 aliphatic rings. The molecule has 0 aliphatic carbocycles. The zero-order valence-corrected chi connectivity index (χ0v) is 14.5. The van der Waals surface area contributed by atoms with E-state index in [2.05, 4.69) is 5.32 Å². The van der Waals surface area contributed by atoms with Gasteiger partial charge < -0.3 is 15.0 Å². The zero-order valence-electron chi connectivity index (χ0n) is 13.7. The van der Waals surface area contributed by atoms with Crippen molar-refractivity contribution in [2.24, 2.45) is 0 Å². The molecular weight excluding hydrogens is 318 g/mol. The number of nitrogens with zero attached hydrogens (tertiary/aromatic N) is 2. The Balaban J connectivity index is 2.17. The Bertz CT molecular complexity index is 673. The van der Waals surface area contributed by atoms with Gasteiger partial charge in [-0.25, -0.2) is 12.7 Å². The number of methoxy groups -OCH3 is 1. The summed E-state index contributed by atoms with van der Waals surface area (Å²) in [5, 5.41) is 3.01. The van der Waals surface area contributed by atoms with Crippen molar-refractivity contribution in [2.75, 3.05) is 52.3 Å². The molecule has 0 aromatic heterocycles. The Hall–Kier alpha value is -1.48. The Labute approximate surface area is 137 Å². The highest BCUT2D eigenvalue weighted by molar-refractivity contribution is 7.89. The highest BCUT2D eigenvalue weighted by Gasteiger charge is 2.27. The van der Waals surface area contributed by atoms with Gasteiger partial charge in [0.05, 0.1) is 18.0 Å². The van der Waals surface area contributed by atoms with Gasteiger partial charge in [-0.1, -0.05) is 6.07 Å². The van der Waals surface area contributed by atoms with Gasteiger partial charge in [0.2, 0.25) is 15.9 Å². The first-order valence-corrected chi connectivity index (χ1v) is 8.87. The van der Waals surface area contributed by atoms with Crippen LogP contribution in [0, 0.1) is 0 Å². The number of amides is 1. The second-order valence-electron chi connectivity index (χ2n) is 5.54. The fraction of sp³-hybridized carbons (Fsp3) is 0.533. The number of nitrogens with one attached hydrogen (secondary N) is 1. The number of benzene rings is 1. The van der Waals surface area contributed by atoms with Crippen molar-refractivity contribution in [1.82, 2.24) is 9.62 Å². The fourth-order valence-corrected chi connectivity index (χ4v) is 3.38. The number of rotatable bonds is 7. The highest BCUT2D eigenvalue weighted by Crippen LogP contribution is 2.31. The molecule has 128 valence electrons. The predicted molar refractivity (Wildman–Crippen MR) is 88.1 cm³/mol. The summed E-state index contributed by atoms with van der Waals surface area (Å²) in [5.41, 5.74) is 1.68. The topological polar surface area (TPSA) is 79.0 Å². The lowest BCUT2D eigenvalue weighted by atomic mass is 10.2. The van der Waals surface area contributed by atoms with Gasteiger partial charge in [0.15, 0.2) is 0 Å². The molecule has 1 aromatic rings.